The Kier molecular flexibility index (Phi) is 2.49. The van der Waals surface area contributed by atoms with Crippen LogP contribution in [0.25, 0.3) is 0 Å². The average molecular weight is 202 g/mol. The van der Waals surface area contributed by atoms with Gasteiger partial charge in [-0.1, -0.05) is 18.2 Å². The van der Waals surface area contributed by atoms with Gasteiger partial charge in [0.15, 0.2) is 0 Å². The highest BCUT2D eigenvalue weighted by atomic mass is 16.6. The van der Waals surface area contributed by atoms with Gasteiger partial charge in [-0.2, -0.15) is 0 Å². The third-order valence-electron chi connectivity index (χ3n) is 2.21. The molecule has 0 atom stereocenters. The van der Waals surface area contributed by atoms with Crippen molar-refractivity contribution in [3.05, 3.63) is 64.5 Å². The molecule has 0 aliphatic heterocycles. The monoisotopic (exact) mass is 202 g/mol. The number of nitro groups is 1. The van der Waals surface area contributed by atoms with Crippen LogP contribution in [-0.2, 0) is 6.54 Å². The minimum absolute atomic E-state index is 0.172. The Morgan fingerprint density at radius 3 is 2.47 bits per heavy atom. The molecule has 0 unspecified atom stereocenters. The predicted molar refractivity (Wildman–Crippen MR) is 56.6 cm³/mol. The van der Waals surface area contributed by atoms with Crippen molar-refractivity contribution in [1.29, 1.82) is 0 Å². The average Bonchev–Trinajstić information content (AvgIpc) is 2.71. The second-order valence-corrected chi connectivity index (χ2v) is 3.24. The molecule has 0 saturated carbocycles. The molecule has 15 heavy (non-hydrogen) atoms. The van der Waals surface area contributed by atoms with Crippen LogP contribution in [0.5, 0.6) is 0 Å². The number of hydrogen-bond donors (Lipinski definition) is 0. The van der Waals surface area contributed by atoms with Crippen molar-refractivity contribution in [3.63, 3.8) is 0 Å². The fraction of sp³-hybridized carbons (Fsp3) is 0.0909. The zero-order valence-corrected chi connectivity index (χ0v) is 8.04. The van der Waals surface area contributed by atoms with E-state index >= 15 is 0 Å². The molecule has 0 aliphatic rings. The lowest BCUT2D eigenvalue weighted by Gasteiger charge is -2.03. The van der Waals surface area contributed by atoms with Crippen molar-refractivity contribution >= 4 is 5.69 Å². The van der Waals surface area contributed by atoms with E-state index in [4.69, 9.17) is 0 Å². The van der Waals surface area contributed by atoms with Gasteiger partial charge in [0.25, 0.3) is 5.69 Å². The molecule has 4 nitrogen and oxygen atoms in total. The number of nitro benzene ring substituents is 1. The topological polar surface area (TPSA) is 48.1 Å². The maximum atomic E-state index is 10.7. The Balaban J connectivity index is 2.32. The fourth-order valence-electron chi connectivity index (χ4n) is 1.49. The van der Waals surface area contributed by atoms with Gasteiger partial charge in [-0.05, 0) is 12.1 Å². The zero-order valence-electron chi connectivity index (χ0n) is 8.04. The first-order valence-electron chi connectivity index (χ1n) is 4.60. The van der Waals surface area contributed by atoms with Crippen LogP contribution in [0.2, 0.25) is 0 Å². The molecule has 4 heteroatoms. The van der Waals surface area contributed by atoms with Gasteiger partial charge < -0.3 is 4.57 Å². The molecule has 0 saturated heterocycles. The number of rotatable bonds is 3. The summed E-state index contributed by atoms with van der Waals surface area (Å²) in [5.74, 6) is 0. The van der Waals surface area contributed by atoms with E-state index < -0.39 is 0 Å². The van der Waals surface area contributed by atoms with Gasteiger partial charge in [0.05, 0.1) is 11.5 Å². The Bertz CT molecular complexity index is 463. The molecule has 76 valence electrons. The van der Waals surface area contributed by atoms with Crippen LogP contribution in [0.3, 0.4) is 0 Å². The van der Waals surface area contributed by atoms with Crippen LogP contribution in [-0.4, -0.2) is 9.49 Å². The van der Waals surface area contributed by atoms with E-state index in [0.717, 1.165) is 5.56 Å². The quantitative estimate of drug-likeness (QED) is 0.567. The Morgan fingerprint density at radius 2 is 1.80 bits per heavy atom. The van der Waals surface area contributed by atoms with Crippen LogP contribution in [0, 0.1) is 10.1 Å². The summed E-state index contributed by atoms with van der Waals surface area (Å²) in [5.41, 5.74) is 0.893. The van der Waals surface area contributed by atoms with Crippen molar-refractivity contribution in [2.24, 2.45) is 0 Å². The third-order valence-corrected chi connectivity index (χ3v) is 2.21. The maximum Gasteiger partial charge on any atom is 0.274 e. The van der Waals surface area contributed by atoms with Gasteiger partial charge in [0, 0.05) is 24.0 Å². The zero-order chi connectivity index (χ0) is 10.7. The lowest BCUT2D eigenvalue weighted by atomic mass is 10.2. The summed E-state index contributed by atoms with van der Waals surface area (Å²) in [6.45, 7) is 0.532. The van der Waals surface area contributed by atoms with E-state index in [9.17, 15) is 10.1 Å². The standard InChI is InChI=1S/C11H10N2O2/c14-13(15)11-6-2-1-5-10(11)9-12-7-3-4-8-12/h1-8H,9H2. The summed E-state index contributed by atoms with van der Waals surface area (Å²) >= 11 is 0. The number of aromatic nitrogens is 1. The predicted octanol–water partition coefficient (Wildman–Crippen LogP) is 2.44. The lowest BCUT2D eigenvalue weighted by Crippen LogP contribution is -2.00. The van der Waals surface area contributed by atoms with Crippen LogP contribution in [0.4, 0.5) is 5.69 Å². The maximum absolute atomic E-state index is 10.7. The Morgan fingerprint density at radius 1 is 1.13 bits per heavy atom. The van der Waals surface area contributed by atoms with Crippen LogP contribution in [0.1, 0.15) is 5.56 Å². The third kappa shape index (κ3) is 2.04. The summed E-state index contributed by atoms with van der Waals surface area (Å²) < 4.78 is 1.91. The first kappa shape index (κ1) is 9.45. The smallest absolute Gasteiger partial charge is 0.274 e. The molecule has 1 aromatic carbocycles. The molecule has 0 radical (unpaired) electrons. The van der Waals surface area contributed by atoms with Crippen molar-refractivity contribution in [1.82, 2.24) is 4.57 Å². The van der Waals surface area contributed by atoms with E-state index in [1.165, 1.54) is 6.07 Å². The summed E-state index contributed by atoms with van der Waals surface area (Å²) in [7, 11) is 0. The molecular formula is C11H10N2O2. The first-order valence-corrected chi connectivity index (χ1v) is 4.60. The SMILES string of the molecule is O=[N+]([O-])c1ccccc1Cn1cccc1. The lowest BCUT2D eigenvalue weighted by molar-refractivity contribution is -0.385. The first-order chi connectivity index (χ1) is 7.27. The minimum Gasteiger partial charge on any atom is -0.350 e. The van der Waals surface area contributed by atoms with Gasteiger partial charge >= 0.3 is 0 Å². The molecule has 0 aliphatic carbocycles. The summed E-state index contributed by atoms with van der Waals surface area (Å²) in [4.78, 5) is 10.4. The van der Waals surface area contributed by atoms with Crippen LogP contribution >= 0.6 is 0 Å². The van der Waals surface area contributed by atoms with Crippen molar-refractivity contribution in [3.8, 4) is 0 Å². The molecule has 1 aromatic heterocycles. The van der Waals surface area contributed by atoms with Gasteiger partial charge in [-0.3, -0.25) is 10.1 Å². The van der Waals surface area contributed by atoms with Crippen molar-refractivity contribution in [2.75, 3.05) is 0 Å². The van der Waals surface area contributed by atoms with Crippen LogP contribution in [0.15, 0.2) is 48.8 Å². The number of benzene rings is 1. The van der Waals surface area contributed by atoms with Crippen molar-refractivity contribution in [2.45, 2.75) is 6.54 Å². The van der Waals surface area contributed by atoms with Crippen LogP contribution < -0.4 is 0 Å². The fourth-order valence-corrected chi connectivity index (χ4v) is 1.49. The highest BCUT2D eigenvalue weighted by Crippen LogP contribution is 2.18. The summed E-state index contributed by atoms with van der Waals surface area (Å²) in [6.07, 6.45) is 3.77. The number of hydrogen-bond acceptors (Lipinski definition) is 2. The number of para-hydroxylation sites is 1. The molecule has 1 heterocycles. The molecule has 0 amide bonds. The minimum atomic E-state index is -0.348. The summed E-state index contributed by atoms with van der Waals surface area (Å²) in [5, 5.41) is 10.7. The highest BCUT2D eigenvalue weighted by Gasteiger charge is 2.11. The van der Waals surface area contributed by atoms with E-state index in [1.807, 2.05) is 35.2 Å². The van der Waals surface area contributed by atoms with Gasteiger partial charge in [-0.15, -0.1) is 0 Å². The Labute approximate surface area is 86.9 Å². The molecule has 0 spiro atoms. The molecule has 0 bridgehead atoms. The molecule has 0 N–H and O–H groups in total. The van der Waals surface area contributed by atoms with E-state index in [-0.39, 0.29) is 10.6 Å². The van der Waals surface area contributed by atoms with Crippen molar-refractivity contribution < 1.29 is 4.92 Å². The van der Waals surface area contributed by atoms with E-state index in [2.05, 4.69) is 0 Å². The number of nitrogens with zero attached hydrogens (tertiary/aromatic N) is 2. The second-order valence-electron chi connectivity index (χ2n) is 3.24. The molecule has 0 fully saturated rings. The van der Waals surface area contributed by atoms with E-state index in [0.29, 0.717) is 6.54 Å². The Hall–Kier alpha value is -2.10. The van der Waals surface area contributed by atoms with E-state index in [1.54, 1.807) is 12.1 Å². The summed E-state index contributed by atoms with van der Waals surface area (Å²) in [6, 6.07) is 10.6. The largest absolute Gasteiger partial charge is 0.350 e. The van der Waals surface area contributed by atoms with Gasteiger partial charge in [-0.25, -0.2) is 0 Å². The second kappa shape index (κ2) is 3.96. The molecular weight excluding hydrogens is 192 g/mol. The molecule has 2 aromatic rings. The molecule has 2 rings (SSSR count). The normalized spacial score (nSPS) is 10.1. The van der Waals surface area contributed by atoms with Gasteiger partial charge in [0.2, 0.25) is 0 Å². The highest BCUT2D eigenvalue weighted by molar-refractivity contribution is 5.39. The van der Waals surface area contributed by atoms with Gasteiger partial charge in [0.1, 0.15) is 0 Å².